The predicted molar refractivity (Wildman–Crippen MR) is 78.5 cm³/mol. The van der Waals surface area contributed by atoms with Crippen LogP contribution in [-0.2, 0) is 13.0 Å². The van der Waals surface area contributed by atoms with Gasteiger partial charge in [-0.25, -0.2) is 0 Å². The number of rotatable bonds is 5. The highest BCUT2D eigenvalue weighted by atomic mass is 16.3. The van der Waals surface area contributed by atoms with Crippen molar-refractivity contribution in [1.82, 2.24) is 5.32 Å². The van der Waals surface area contributed by atoms with Crippen molar-refractivity contribution in [3.05, 3.63) is 29.3 Å². The predicted octanol–water partition coefficient (Wildman–Crippen LogP) is 1.93. The lowest BCUT2D eigenvalue weighted by Crippen LogP contribution is -2.47. The molecule has 1 aromatic carbocycles. The second kappa shape index (κ2) is 4.80. The molecule has 1 saturated carbocycles. The van der Waals surface area contributed by atoms with Gasteiger partial charge in [0.1, 0.15) is 0 Å². The van der Waals surface area contributed by atoms with E-state index in [9.17, 15) is 5.11 Å². The van der Waals surface area contributed by atoms with Gasteiger partial charge < -0.3 is 15.3 Å². The molecule has 1 heterocycles. The molecule has 1 fully saturated rings. The Balaban J connectivity index is 1.67. The third-order valence-electron chi connectivity index (χ3n) is 4.77. The zero-order chi connectivity index (χ0) is 13.5. The summed E-state index contributed by atoms with van der Waals surface area (Å²) in [6, 6.07) is 6.75. The van der Waals surface area contributed by atoms with Crippen molar-refractivity contribution >= 4 is 5.69 Å². The summed E-state index contributed by atoms with van der Waals surface area (Å²) in [5.74, 6) is 0.651. The topological polar surface area (TPSA) is 35.5 Å². The molecule has 1 atom stereocenters. The summed E-state index contributed by atoms with van der Waals surface area (Å²) in [5.41, 5.74) is 4.06. The summed E-state index contributed by atoms with van der Waals surface area (Å²) in [5, 5.41) is 13.2. The SMILES string of the molecule is CN1CCc2cc(CNC(C)(CO)C3CC3)ccc21. The number of nitrogens with one attached hydrogen (secondary N) is 1. The molecule has 2 N–H and O–H groups in total. The minimum absolute atomic E-state index is 0.101. The standard InChI is InChI=1S/C16H24N2O/c1-16(11-19,14-4-5-14)17-10-12-3-6-15-13(9-12)7-8-18(15)2/h3,6,9,14,17,19H,4-5,7-8,10-11H2,1-2H3. The second-order valence-corrected chi connectivity index (χ2v) is 6.34. The molecule has 1 aliphatic carbocycles. The molecule has 0 spiro atoms. The van der Waals surface area contributed by atoms with Crippen LogP contribution in [0.1, 0.15) is 30.9 Å². The van der Waals surface area contributed by atoms with Gasteiger partial charge in [0, 0.05) is 31.4 Å². The minimum Gasteiger partial charge on any atom is -0.394 e. The Kier molecular flexibility index (Phi) is 3.27. The van der Waals surface area contributed by atoms with Crippen LogP contribution in [0.4, 0.5) is 5.69 Å². The Hall–Kier alpha value is -1.06. The first-order chi connectivity index (χ1) is 9.12. The number of benzene rings is 1. The van der Waals surface area contributed by atoms with Crippen LogP contribution in [0.15, 0.2) is 18.2 Å². The number of nitrogens with zero attached hydrogens (tertiary/aromatic N) is 1. The third-order valence-corrected chi connectivity index (χ3v) is 4.77. The van der Waals surface area contributed by atoms with E-state index in [2.05, 4.69) is 42.4 Å². The van der Waals surface area contributed by atoms with Gasteiger partial charge in [-0.1, -0.05) is 12.1 Å². The van der Waals surface area contributed by atoms with Crippen LogP contribution in [0.3, 0.4) is 0 Å². The van der Waals surface area contributed by atoms with Crippen LogP contribution in [-0.4, -0.2) is 30.8 Å². The van der Waals surface area contributed by atoms with Crippen molar-refractivity contribution in [3.63, 3.8) is 0 Å². The molecule has 1 aromatic rings. The number of likely N-dealkylation sites (N-methyl/N-ethyl adjacent to an activating group) is 1. The molecule has 104 valence electrons. The van der Waals surface area contributed by atoms with Gasteiger partial charge in [-0.2, -0.15) is 0 Å². The van der Waals surface area contributed by atoms with E-state index < -0.39 is 0 Å². The lowest BCUT2D eigenvalue weighted by Gasteiger charge is -2.29. The van der Waals surface area contributed by atoms with Crippen LogP contribution >= 0.6 is 0 Å². The van der Waals surface area contributed by atoms with E-state index in [0.29, 0.717) is 5.92 Å². The van der Waals surface area contributed by atoms with Crippen molar-refractivity contribution in [2.45, 2.75) is 38.3 Å². The average molecular weight is 260 g/mol. The summed E-state index contributed by atoms with van der Waals surface area (Å²) in [6.07, 6.45) is 3.65. The van der Waals surface area contributed by atoms with Crippen molar-refractivity contribution < 1.29 is 5.11 Å². The van der Waals surface area contributed by atoms with Gasteiger partial charge in [0.05, 0.1) is 6.61 Å². The Morgan fingerprint density at radius 2 is 2.21 bits per heavy atom. The van der Waals surface area contributed by atoms with Crippen LogP contribution < -0.4 is 10.2 Å². The highest BCUT2D eigenvalue weighted by Crippen LogP contribution is 2.39. The molecule has 3 heteroatoms. The van der Waals surface area contributed by atoms with E-state index >= 15 is 0 Å². The maximum Gasteiger partial charge on any atom is 0.0613 e. The summed E-state index contributed by atoms with van der Waals surface area (Å²) in [4.78, 5) is 2.31. The largest absolute Gasteiger partial charge is 0.394 e. The van der Waals surface area contributed by atoms with E-state index in [-0.39, 0.29) is 12.1 Å². The van der Waals surface area contributed by atoms with Crippen LogP contribution in [0.2, 0.25) is 0 Å². The molecule has 3 nitrogen and oxygen atoms in total. The Morgan fingerprint density at radius 1 is 1.42 bits per heavy atom. The summed E-state index contributed by atoms with van der Waals surface area (Å²) in [7, 11) is 2.15. The lowest BCUT2D eigenvalue weighted by atomic mass is 9.96. The maximum absolute atomic E-state index is 9.59. The molecular formula is C16H24N2O. The molecule has 1 aliphatic heterocycles. The van der Waals surface area contributed by atoms with Gasteiger partial charge in [0.25, 0.3) is 0 Å². The fraction of sp³-hybridized carbons (Fsp3) is 0.625. The van der Waals surface area contributed by atoms with Gasteiger partial charge in [0.2, 0.25) is 0 Å². The van der Waals surface area contributed by atoms with Crippen LogP contribution in [0.5, 0.6) is 0 Å². The third kappa shape index (κ3) is 2.49. The molecule has 0 aromatic heterocycles. The molecule has 3 rings (SSSR count). The first kappa shape index (κ1) is 12.9. The normalized spacial score (nSPS) is 21.3. The van der Waals surface area contributed by atoms with Gasteiger partial charge in [0.15, 0.2) is 0 Å². The van der Waals surface area contributed by atoms with Gasteiger partial charge >= 0.3 is 0 Å². The summed E-state index contributed by atoms with van der Waals surface area (Å²) in [6.45, 7) is 4.35. The molecule has 0 amide bonds. The zero-order valence-corrected chi connectivity index (χ0v) is 11.9. The molecule has 19 heavy (non-hydrogen) atoms. The highest BCUT2D eigenvalue weighted by molar-refractivity contribution is 5.58. The quantitative estimate of drug-likeness (QED) is 0.849. The van der Waals surface area contributed by atoms with E-state index in [1.807, 2.05) is 0 Å². The van der Waals surface area contributed by atoms with Crippen molar-refractivity contribution in [2.75, 3.05) is 25.1 Å². The molecule has 2 aliphatic rings. The van der Waals surface area contributed by atoms with E-state index in [0.717, 1.165) is 19.5 Å². The average Bonchev–Trinajstić information content (AvgIpc) is 3.22. The fourth-order valence-corrected chi connectivity index (χ4v) is 3.08. The maximum atomic E-state index is 9.59. The smallest absolute Gasteiger partial charge is 0.0613 e. The second-order valence-electron chi connectivity index (χ2n) is 6.34. The number of aliphatic hydroxyl groups excluding tert-OH is 1. The first-order valence-corrected chi connectivity index (χ1v) is 7.31. The molecule has 0 saturated heterocycles. The van der Waals surface area contributed by atoms with Crippen molar-refractivity contribution in [3.8, 4) is 0 Å². The number of hydrogen-bond acceptors (Lipinski definition) is 3. The van der Waals surface area contributed by atoms with E-state index in [1.165, 1.54) is 29.7 Å². The molecule has 0 bridgehead atoms. The molecule has 0 radical (unpaired) electrons. The Labute approximate surface area is 115 Å². The molecular weight excluding hydrogens is 236 g/mol. The minimum atomic E-state index is -0.101. The van der Waals surface area contributed by atoms with E-state index in [1.54, 1.807) is 0 Å². The zero-order valence-electron chi connectivity index (χ0n) is 11.9. The fourth-order valence-electron chi connectivity index (χ4n) is 3.08. The number of anilines is 1. The van der Waals surface area contributed by atoms with Crippen LogP contribution in [0, 0.1) is 5.92 Å². The van der Waals surface area contributed by atoms with Crippen molar-refractivity contribution in [1.29, 1.82) is 0 Å². The Bertz CT molecular complexity index is 470. The van der Waals surface area contributed by atoms with E-state index in [4.69, 9.17) is 0 Å². The molecule has 1 unspecified atom stereocenters. The highest BCUT2D eigenvalue weighted by Gasteiger charge is 2.40. The monoisotopic (exact) mass is 260 g/mol. The summed E-state index contributed by atoms with van der Waals surface area (Å²) >= 11 is 0. The van der Waals surface area contributed by atoms with Crippen LogP contribution in [0.25, 0.3) is 0 Å². The number of fused-ring (bicyclic) bond motifs is 1. The van der Waals surface area contributed by atoms with Crippen molar-refractivity contribution in [2.24, 2.45) is 5.92 Å². The Morgan fingerprint density at radius 3 is 2.89 bits per heavy atom. The first-order valence-electron chi connectivity index (χ1n) is 7.31. The number of hydrogen-bond donors (Lipinski definition) is 2. The van der Waals surface area contributed by atoms with Gasteiger partial charge in [-0.3, -0.25) is 0 Å². The number of aliphatic hydroxyl groups is 1. The van der Waals surface area contributed by atoms with Gasteiger partial charge in [-0.15, -0.1) is 0 Å². The lowest BCUT2D eigenvalue weighted by molar-refractivity contribution is 0.153. The van der Waals surface area contributed by atoms with Gasteiger partial charge in [-0.05, 0) is 49.3 Å². The summed E-state index contributed by atoms with van der Waals surface area (Å²) < 4.78 is 0.